The minimum Gasteiger partial charge on any atom is -0.454 e. The summed E-state index contributed by atoms with van der Waals surface area (Å²) in [6.07, 6.45) is 9.14. The first-order chi connectivity index (χ1) is 12.2. The lowest BCUT2D eigenvalue weighted by Gasteiger charge is -2.56. The Bertz CT molecular complexity index is 695. The summed E-state index contributed by atoms with van der Waals surface area (Å²) in [4.78, 5) is 12.3. The van der Waals surface area contributed by atoms with E-state index in [0.29, 0.717) is 5.75 Å². The summed E-state index contributed by atoms with van der Waals surface area (Å²) < 4.78 is 10.6. The summed E-state index contributed by atoms with van der Waals surface area (Å²) in [6.45, 7) is 0.252. The Morgan fingerprint density at radius 2 is 1.76 bits per heavy atom. The molecule has 2 amide bonds. The summed E-state index contributed by atoms with van der Waals surface area (Å²) in [5, 5.41) is 7.33. The van der Waals surface area contributed by atoms with E-state index in [4.69, 9.17) is 9.47 Å². The lowest BCUT2D eigenvalue weighted by atomic mass is 9.53. The molecule has 0 saturated heterocycles. The van der Waals surface area contributed by atoms with Gasteiger partial charge in [0, 0.05) is 5.54 Å². The molecule has 4 bridgehead atoms. The third kappa shape index (κ3) is 2.83. The molecular formula is C19H23N3O3. The van der Waals surface area contributed by atoms with Gasteiger partial charge < -0.3 is 14.8 Å². The lowest BCUT2D eigenvalue weighted by molar-refractivity contribution is -0.0135. The summed E-state index contributed by atoms with van der Waals surface area (Å²) >= 11 is 0. The van der Waals surface area contributed by atoms with E-state index < -0.39 is 0 Å². The standard InChI is InChI=1S/C19H23N3O3/c23-18(21-19-7-13-3-14(8-19)5-15(4-13)9-19)22-20-10-12-1-2-16-17(6-12)25-11-24-16/h1-2,6,10,13-15H,3-5,7-9,11H2,(H2,21,22,23). The van der Waals surface area contributed by atoms with Crippen molar-refractivity contribution in [3.8, 4) is 11.5 Å². The van der Waals surface area contributed by atoms with Gasteiger partial charge in [-0.25, -0.2) is 10.2 Å². The third-order valence-electron chi connectivity index (χ3n) is 6.19. The second kappa shape index (κ2) is 5.64. The number of urea groups is 1. The van der Waals surface area contributed by atoms with Gasteiger partial charge in [0.15, 0.2) is 11.5 Å². The monoisotopic (exact) mass is 341 g/mol. The Kier molecular flexibility index (Phi) is 3.40. The first kappa shape index (κ1) is 15.0. The average Bonchev–Trinajstić information content (AvgIpc) is 3.00. The van der Waals surface area contributed by atoms with Gasteiger partial charge in [0.25, 0.3) is 0 Å². The maximum atomic E-state index is 12.3. The van der Waals surface area contributed by atoms with E-state index in [0.717, 1.165) is 48.3 Å². The van der Waals surface area contributed by atoms with E-state index in [-0.39, 0.29) is 18.4 Å². The Morgan fingerprint density at radius 1 is 1.08 bits per heavy atom. The summed E-state index contributed by atoms with van der Waals surface area (Å²) in [7, 11) is 0. The summed E-state index contributed by atoms with van der Waals surface area (Å²) in [6, 6.07) is 5.39. The highest BCUT2D eigenvalue weighted by atomic mass is 16.7. The number of benzene rings is 1. The van der Waals surface area contributed by atoms with Crippen LogP contribution >= 0.6 is 0 Å². The number of carbonyl (C=O) groups is 1. The number of hydrazone groups is 1. The van der Waals surface area contributed by atoms with Crippen LogP contribution in [0.5, 0.6) is 11.5 Å². The molecule has 1 heterocycles. The van der Waals surface area contributed by atoms with Gasteiger partial charge in [-0.3, -0.25) is 0 Å². The quantitative estimate of drug-likeness (QED) is 0.656. The second-order valence-corrected chi connectivity index (χ2v) is 8.13. The topological polar surface area (TPSA) is 72.0 Å². The third-order valence-corrected chi connectivity index (χ3v) is 6.19. The Labute approximate surface area is 147 Å². The Morgan fingerprint density at radius 3 is 2.48 bits per heavy atom. The number of hydrogen-bond donors (Lipinski definition) is 2. The molecule has 1 aromatic rings. The van der Waals surface area contributed by atoms with Crippen LogP contribution in [0.4, 0.5) is 4.79 Å². The molecule has 6 heteroatoms. The number of amides is 2. The molecule has 0 unspecified atom stereocenters. The number of nitrogens with zero attached hydrogens (tertiary/aromatic N) is 1. The van der Waals surface area contributed by atoms with Crippen molar-refractivity contribution in [3.05, 3.63) is 23.8 Å². The number of rotatable bonds is 3. The molecule has 1 aromatic carbocycles. The average molecular weight is 341 g/mol. The number of carbonyl (C=O) groups excluding carboxylic acids is 1. The largest absolute Gasteiger partial charge is 0.454 e. The van der Waals surface area contributed by atoms with Crippen LogP contribution in [0.15, 0.2) is 23.3 Å². The van der Waals surface area contributed by atoms with E-state index in [1.165, 1.54) is 19.3 Å². The summed E-state index contributed by atoms with van der Waals surface area (Å²) in [5.41, 5.74) is 3.49. The molecule has 1 aliphatic heterocycles. The molecule has 0 radical (unpaired) electrons. The molecule has 4 saturated carbocycles. The predicted octanol–water partition coefficient (Wildman–Crippen LogP) is 3.02. The second-order valence-electron chi connectivity index (χ2n) is 8.13. The molecule has 25 heavy (non-hydrogen) atoms. The number of nitrogens with one attached hydrogen (secondary N) is 2. The molecule has 0 aromatic heterocycles. The molecule has 6 rings (SSSR count). The first-order valence-electron chi connectivity index (χ1n) is 9.18. The predicted molar refractivity (Wildman–Crippen MR) is 92.7 cm³/mol. The molecule has 0 spiro atoms. The van der Waals surface area contributed by atoms with Crippen molar-refractivity contribution in [2.45, 2.75) is 44.1 Å². The normalized spacial score (nSPS) is 34.5. The van der Waals surface area contributed by atoms with E-state index in [1.54, 1.807) is 6.21 Å². The van der Waals surface area contributed by atoms with Gasteiger partial charge in [0.05, 0.1) is 6.21 Å². The van der Waals surface area contributed by atoms with Crippen molar-refractivity contribution in [1.82, 2.24) is 10.7 Å². The van der Waals surface area contributed by atoms with Crippen LogP contribution in [0.2, 0.25) is 0 Å². The number of fused-ring (bicyclic) bond motifs is 1. The minimum absolute atomic E-state index is 0.00705. The van der Waals surface area contributed by atoms with Crippen molar-refractivity contribution in [3.63, 3.8) is 0 Å². The van der Waals surface area contributed by atoms with E-state index in [2.05, 4.69) is 15.8 Å². The van der Waals surface area contributed by atoms with E-state index >= 15 is 0 Å². The molecule has 4 aliphatic carbocycles. The van der Waals surface area contributed by atoms with Crippen molar-refractivity contribution in [2.24, 2.45) is 22.9 Å². The van der Waals surface area contributed by atoms with Crippen LogP contribution in [0.3, 0.4) is 0 Å². The fourth-order valence-electron chi connectivity index (χ4n) is 5.69. The zero-order chi connectivity index (χ0) is 16.9. The van der Waals surface area contributed by atoms with Gasteiger partial charge in [-0.1, -0.05) is 0 Å². The highest BCUT2D eigenvalue weighted by Gasteiger charge is 2.51. The van der Waals surface area contributed by atoms with Crippen LogP contribution in [-0.4, -0.2) is 24.6 Å². The molecule has 0 atom stereocenters. The highest BCUT2D eigenvalue weighted by Crippen LogP contribution is 2.55. The molecule has 5 aliphatic rings. The van der Waals surface area contributed by atoms with Gasteiger partial charge >= 0.3 is 6.03 Å². The SMILES string of the molecule is O=C(NN=Cc1ccc2c(c1)OCO2)NC12CC3CC(CC(C3)C1)C2. The maximum absolute atomic E-state index is 12.3. The van der Waals surface area contributed by atoms with Crippen molar-refractivity contribution >= 4 is 12.2 Å². The smallest absolute Gasteiger partial charge is 0.335 e. The zero-order valence-corrected chi connectivity index (χ0v) is 14.2. The van der Waals surface area contributed by atoms with E-state index in [9.17, 15) is 4.79 Å². The fraction of sp³-hybridized carbons (Fsp3) is 0.579. The molecular weight excluding hydrogens is 318 g/mol. The van der Waals surface area contributed by atoms with Crippen molar-refractivity contribution in [2.75, 3.05) is 6.79 Å². The number of hydrogen-bond acceptors (Lipinski definition) is 4. The number of ether oxygens (including phenoxy) is 2. The van der Waals surface area contributed by atoms with Crippen molar-refractivity contribution in [1.29, 1.82) is 0 Å². The minimum atomic E-state index is -0.195. The van der Waals surface area contributed by atoms with Gasteiger partial charge in [-0.15, -0.1) is 0 Å². The lowest BCUT2D eigenvalue weighted by Crippen LogP contribution is -2.61. The van der Waals surface area contributed by atoms with Crippen LogP contribution in [0.25, 0.3) is 0 Å². The van der Waals surface area contributed by atoms with E-state index in [1.807, 2.05) is 18.2 Å². The molecule has 132 valence electrons. The van der Waals surface area contributed by atoms with Crippen LogP contribution < -0.4 is 20.2 Å². The van der Waals surface area contributed by atoms with Crippen LogP contribution in [0, 0.1) is 17.8 Å². The Hall–Kier alpha value is -2.24. The van der Waals surface area contributed by atoms with Gasteiger partial charge in [-0.2, -0.15) is 5.10 Å². The van der Waals surface area contributed by atoms with Crippen molar-refractivity contribution < 1.29 is 14.3 Å². The molecule has 4 fully saturated rings. The van der Waals surface area contributed by atoms with Gasteiger partial charge in [0.2, 0.25) is 6.79 Å². The maximum Gasteiger partial charge on any atom is 0.335 e. The van der Waals surface area contributed by atoms with Crippen LogP contribution in [0.1, 0.15) is 44.1 Å². The highest BCUT2D eigenvalue weighted by molar-refractivity contribution is 5.83. The molecule has 2 N–H and O–H groups in total. The fourth-order valence-corrected chi connectivity index (χ4v) is 5.69. The molecule has 6 nitrogen and oxygen atoms in total. The van der Waals surface area contributed by atoms with Gasteiger partial charge in [-0.05, 0) is 80.0 Å². The first-order valence-corrected chi connectivity index (χ1v) is 9.18. The zero-order valence-electron chi connectivity index (χ0n) is 14.2. The summed E-state index contributed by atoms with van der Waals surface area (Å²) in [5.74, 6) is 3.88. The van der Waals surface area contributed by atoms with Crippen LogP contribution in [-0.2, 0) is 0 Å². The Balaban J connectivity index is 1.20. The van der Waals surface area contributed by atoms with Gasteiger partial charge in [0.1, 0.15) is 0 Å².